The molecular formula is C4H9ITi. The molecule has 0 amide bonds. The molecule has 0 spiro atoms. The van der Waals surface area contributed by atoms with E-state index < -0.39 is 0 Å². The van der Waals surface area contributed by atoms with Gasteiger partial charge in [-0.2, -0.15) is 6.42 Å². The molecular weight excluding hydrogens is 223 g/mol. The fourth-order valence-corrected chi connectivity index (χ4v) is 0. The van der Waals surface area contributed by atoms with Crippen molar-refractivity contribution in [1.29, 1.82) is 0 Å². The second-order valence-electron chi connectivity index (χ2n) is 0.854. The molecule has 36 valence electrons. The Morgan fingerprint density at radius 3 is 1.83 bits per heavy atom. The van der Waals surface area contributed by atoms with E-state index >= 15 is 0 Å². The van der Waals surface area contributed by atoms with Gasteiger partial charge in [0.2, 0.25) is 0 Å². The Bertz CT molecular complexity index is 9.51. The number of unbranched alkanes of at least 4 members (excludes halogenated alkanes) is 1. The predicted molar refractivity (Wildman–Crippen MR) is 34.3 cm³/mol. The molecule has 0 nitrogen and oxygen atoms in total. The van der Waals surface area contributed by atoms with Crippen LogP contribution in [-0.4, -0.2) is 0 Å². The van der Waals surface area contributed by atoms with Gasteiger partial charge in [0.15, 0.2) is 0 Å². The first-order valence-electron chi connectivity index (χ1n) is 1.90. The van der Waals surface area contributed by atoms with Crippen LogP contribution in [0.4, 0.5) is 0 Å². The van der Waals surface area contributed by atoms with Crippen LogP contribution in [0.1, 0.15) is 19.8 Å². The van der Waals surface area contributed by atoms with Crippen LogP contribution < -0.4 is 0 Å². The van der Waals surface area contributed by atoms with E-state index in [1.807, 2.05) is 16.7 Å². The average Bonchev–Trinajstić information content (AvgIpc) is 1.72. The van der Waals surface area contributed by atoms with Gasteiger partial charge in [0.25, 0.3) is 0 Å². The van der Waals surface area contributed by atoms with Gasteiger partial charge >= 0.3 is 35.9 Å². The van der Waals surface area contributed by atoms with E-state index in [9.17, 15) is 0 Å². The van der Waals surface area contributed by atoms with Gasteiger partial charge < -0.3 is 6.92 Å². The van der Waals surface area contributed by atoms with Gasteiger partial charge in [0.05, 0.1) is 0 Å². The monoisotopic (exact) mass is 232 g/mol. The van der Waals surface area contributed by atoms with Crippen molar-refractivity contribution in [3.8, 4) is 0 Å². The van der Waals surface area contributed by atoms with E-state index in [4.69, 9.17) is 0 Å². The van der Waals surface area contributed by atoms with E-state index in [-0.39, 0.29) is 0 Å². The average molecular weight is 232 g/mol. The summed E-state index contributed by atoms with van der Waals surface area (Å²) in [6.07, 6.45) is 2.28. The molecule has 0 heterocycles. The standard InChI is InChI=1S/C4H9.HI.Ti/c1-3-4-2;;/h1,3-4H2,2H3;1H;/q-1;;+2/p-1. The Hall–Kier alpha value is 1.44. The zero-order chi connectivity index (χ0) is 5.41. The first-order valence-corrected chi connectivity index (χ1v) is 6.93. The molecule has 0 saturated carbocycles. The first kappa shape index (κ1) is 10.4. The van der Waals surface area contributed by atoms with Crippen molar-refractivity contribution in [1.82, 2.24) is 0 Å². The van der Waals surface area contributed by atoms with Crippen molar-refractivity contribution in [2.45, 2.75) is 19.8 Å². The molecule has 0 unspecified atom stereocenters. The van der Waals surface area contributed by atoms with Crippen LogP contribution in [-0.2, 0) is 16.7 Å². The summed E-state index contributed by atoms with van der Waals surface area (Å²) in [6.45, 7) is 5.72. The summed E-state index contributed by atoms with van der Waals surface area (Å²) in [7, 11) is 0. The van der Waals surface area contributed by atoms with Gasteiger partial charge in [-0.25, -0.2) is 0 Å². The van der Waals surface area contributed by atoms with Crippen molar-refractivity contribution in [2.75, 3.05) is 0 Å². The van der Waals surface area contributed by atoms with Crippen molar-refractivity contribution in [3.63, 3.8) is 0 Å². The minimum atomic E-state index is 1.07. The van der Waals surface area contributed by atoms with Gasteiger partial charge in [-0.15, -0.1) is 0 Å². The summed E-state index contributed by atoms with van der Waals surface area (Å²) in [6, 6.07) is 0. The van der Waals surface area contributed by atoms with Crippen molar-refractivity contribution >= 4 is 19.2 Å². The summed E-state index contributed by atoms with van der Waals surface area (Å²) in [5, 5.41) is 0. The molecule has 0 N–H and O–H groups in total. The van der Waals surface area contributed by atoms with Gasteiger partial charge in [0, 0.05) is 0 Å². The summed E-state index contributed by atoms with van der Waals surface area (Å²) in [5.41, 5.74) is 0. The molecule has 0 aromatic heterocycles. The van der Waals surface area contributed by atoms with E-state index in [1.54, 1.807) is 0 Å². The molecule has 6 heavy (non-hydrogen) atoms. The fourth-order valence-electron chi connectivity index (χ4n) is 0. The summed E-state index contributed by atoms with van der Waals surface area (Å²) in [5.74, 6) is 0. The molecule has 0 bridgehead atoms. The topological polar surface area (TPSA) is 0 Å². The van der Waals surface area contributed by atoms with Gasteiger partial charge in [-0.05, 0) is 0 Å². The molecule has 2 heteroatoms. The Kier molecular flexibility index (Phi) is 28.0. The summed E-state index contributed by atoms with van der Waals surface area (Å²) >= 11 is 4.12. The third-order valence-electron chi connectivity index (χ3n) is 0.354. The SMILES string of the molecule is [CH2-]CCC.[Ti+][I]. The van der Waals surface area contributed by atoms with Crippen LogP contribution >= 0.6 is 19.2 Å². The third kappa shape index (κ3) is 18.0. The van der Waals surface area contributed by atoms with Crippen LogP contribution in [0.25, 0.3) is 0 Å². The molecule has 0 rings (SSSR count). The second-order valence-corrected chi connectivity index (χ2v) is 0.854. The van der Waals surface area contributed by atoms with Crippen LogP contribution in [0.2, 0.25) is 0 Å². The zero-order valence-electron chi connectivity index (χ0n) is 4.00. The number of halogens is 1. The number of hydrogen-bond donors (Lipinski definition) is 0. The van der Waals surface area contributed by atoms with E-state index in [2.05, 4.69) is 33.0 Å². The van der Waals surface area contributed by atoms with Crippen molar-refractivity contribution in [2.24, 2.45) is 0 Å². The van der Waals surface area contributed by atoms with Crippen LogP contribution in [0.3, 0.4) is 0 Å². The Morgan fingerprint density at radius 2 is 1.83 bits per heavy atom. The molecule has 0 aliphatic carbocycles. The fraction of sp³-hybridized carbons (Fsp3) is 0.750. The summed E-state index contributed by atoms with van der Waals surface area (Å²) < 4.78 is 0. The molecule has 0 atom stereocenters. The Balaban J connectivity index is 0. The molecule has 0 radical (unpaired) electrons. The Labute approximate surface area is 62.2 Å². The normalized spacial score (nSPS) is 5.67. The Morgan fingerprint density at radius 1 is 1.67 bits per heavy atom. The molecule has 0 aliphatic heterocycles. The van der Waals surface area contributed by atoms with E-state index in [1.165, 1.54) is 6.42 Å². The van der Waals surface area contributed by atoms with Crippen molar-refractivity contribution < 1.29 is 16.7 Å². The maximum absolute atomic E-state index is 3.60. The van der Waals surface area contributed by atoms with Crippen LogP contribution in [0.5, 0.6) is 0 Å². The van der Waals surface area contributed by atoms with Crippen molar-refractivity contribution in [3.05, 3.63) is 6.92 Å². The molecule has 0 saturated heterocycles. The summed E-state index contributed by atoms with van der Waals surface area (Å²) in [4.78, 5) is 0. The van der Waals surface area contributed by atoms with E-state index in [0.717, 1.165) is 6.42 Å². The zero-order valence-corrected chi connectivity index (χ0v) is 7.72. The third-order valence-corrected chi connectivity index (χ3v) is 0.354. The quantitative estimate of drug-likeness (QED) is 0.370. The van der Waals surface area contributed by atoms with Gasteiger partial charge in [-0.3, -0.25) is 0 Å². The molecule has 0 aromatic rings. The van der Waals surface area contributed by atoms with Gasteiger partial charge in [-0.1, -0.05) is 13.3 Å². The predicted octanol–water partition coefficient (Wildman–Crippen LogP) is 2.50. The molecule has 0 fully saturated rings. The maximum atomic E-state index is 3.60. The number of rotatable bonds is 1. The van der Waals surface area contributed by atoms with E-state index in [0.29, 0.717) is 0 Å². The molecule has 0 aromatic carbocycles. The van der Waals surface area contributed by atoms with Gasteiger partial charge in [0.1, 0.15) is 0 Å². The molecule has 0 aliphatic rings. The van der Waals surface area contributed by atoms with Crippen LogP contribution in [0, 0.1) is 6.92 Å². The minimum absolute atomic E-state index is 1.07. The van der Waals surface area contributed by atoms with Crippen LogP contribution in [0.15, 0.2) is 0 Å². The first-order chi connectivity index (χ1) is 2.91. The second kappa shape index (κ2) is 16.1. The number of hydrogen-bond acceptors (Lipinski definition) is 0.